The second-order valence-corrected chi connectivity index (χ2v) is 2.65. The molecule has 0 aliphatic carbocycles. The Morgan fingerprint density at radius 3 is 3.17 bits per heavy atom. The van der Waals surface area contributed by atoms with E-state index in [1.165, 1.54) is 4.40 Å². The summed E-state index contributed by atoms with van der Waals surface area (Å²) in [7, 11) is 0. The van der Waals surface area contributed by atoms with Crippen molar-refractivity contribution < 1.29 is 0 Å². The zero-order valence-electron chi connectivity index (χ0n) is 6.74. The lowest BCUT2D eigenvalue weighted by Gasteiger charge is -1.95. The summed E-state index contributed by atoms with van der Waals surface area (Å²) in [5.74, 6) is 0. The predicted octanol–water partition coefficient (Wildman–Crippen LogP) is 0.585. The molecule has 0 atom stereocenters. The molecule has 0 aliphatic heterocycles. The summed E-state index contributed by atoms with van der Waals surface area (Å²) in [5.41, 5.74) is 1.61. The Morgan fingerprint density at radius 1 is 1.58 bits per heavy atom. The highest BCUT2D eigenvalue weighted by Crippen LogP contribution is 2.01. The van der Waals surface area contributed by atoms with E-state index in [1.54, 1.807) is 6.20 Å². The van der Waals surface area contributed by atoms with Crippen LogP contribution >= 0.6 is 0 Å². The number of aromatic nitrogens is 3. The molecule has 4 nitrogen and oxygen atoms in total. The van der Waals surface area contributed by atoms with Gasteiger partial charge in [-0.1, -0.05) is 13.0 Å². The fourth-order valence-electron chi connectivity index (χ4n) is 1.16. The van der Waals surface area contributed by atoms with E-state index in [-0.39, 0.29) is 5.69 Å². The quantitative estimate of drug-likeness (QED) is 0.668. The van der Waals surface area contributed by atoms with Gasteiger partial charge >= 0.3 is 5.69 Å². The van der Waals surface area contributed by atoms with E-state index < -0.39 is 0 Å². The van der Waals surface area contributed by atoms with Crippen LogP contribution in [0.1, 0.15) is 12.5 Å². The fourth-order valence-corrected chi connectivity index (χ4v) is 1.16. The van der Waals surface area contributed by atoms with Crippen molar-refractivity contribution in [3.8, 4) is 0 Å². The molecule has 0 amide bonds. The van der Waals surface area contributed by atoms with E-state index in [0.29, 0.717) is 5.65 Å². The highest BCUT2D eigenvalue weighted by molar-refractivity contribution is 5.37. The third-order valence-electron chi connectivity index (χ3n) is 1.88. The van der Waals surface area contributed by atoms with Gasteiger partial charge in [0, 0.05) is 6.20 Å². The van der Waals surface area contributed by atoms with E-state index >= 15 is 0 Å². The maximum Gasteiger partial charge on any atom is 0.347 e. The lowest BCUT2D eigenvalue weighted by atomic mass is 10.2. The first kappa shape index (κ1) is 7.09. The van der Waals surface area contributed by atoms with E-state index in [2.05, 4.69) is 10.2 Å². The summed E-state index contributed by atoms with van der Waals surface area (Å²) >= 11 is 0. The zero-order chi connectivity index (χ0) is 8.55. The van der Waals surface area contributed by atoms with Crippen LogP contribution in [0.15, 0.2) is 23.1 Å². The molecule has 0 saturated heterocycles. The Balaban J connectivity index is 2.80. The summed E-state index contributed by atoms with van der Waals surface area (Å²) < 4.78 is 1.51. The van der Waals surface area contributed by atoms with Crippen molar-refractivity contribution in [2.24, 2.45) is 0 Å². The first-order valence-corrected chi connectivity index (χ1v) is 3.87. The number of hydrogen-bond donors (Lipinski definition) is 1. The molecule has 2 heterocycles. The second kappa shape index (κ2) is 2.48. The Morgan fingerprint density at radius 2 is 2.42 bits per heavy atom. The molecule has 0 aromatic carbocycles. The molecule has 0 aliphatic rings. The number of nitrogens with one attached hydrogen (secondary N) is 1. The molecular weight excluding hydrogens is 154 g/mol. The molecule has 0 bridgehead atoms. The van der Waals surface area contributed by atoms with Crippen molar-refractivity contribution in [1.82, 2.24) is 14.6 Å². The van der Waals surface area contributed by atoms with Crippen LogP contribution in [-0.4, -0.2) is 14.6 Å². The molecule has 0 fully saturated rings. The lowest BCUT2D eigenvalue weighted by Crippen LogP contribution is -2.09. The monoisotopic (exact) mass is 163 g/mol. The van der Waals surface area contributed by atoms with Gasteiger partial charge in [-0.15, -0.1) is 0 Å². The largest absolute Gasteiger partial charge is 0.347 e. The van der Waals surface area contributed by atoms with Crippen molar-refractivity contribution in [2.45, 2.75) is 13.3 Å². The molecule has 4 heteroatoms. The zero-order valence-corrected chi connectivity index (χ0v) is 6.74. The topological polar surface area (TPSA) is 50.2 Å². The van der Waals surface area contributed by atoms with Crippen LogP contribution in [0, 0.1) is 0 Å². The van der Waals surface area contributed by atoms with Gasteiger partial charge in [0.05, 0.1) is 0 Å². The van der Waals surface area contributed by atoms with E-state index in [9.17, 15) is 4.79 Å². The minimum Gasteiger partial charge on any atom is -0.250 e. The standard InChI is InChI=1S/C8H9N3O/c1-2-6-3-4-7-9-10-8(12)11(7)5-6/h3-5H,2H2,1H3,(H,10,12). The van der Waals surface area contributed by atoms with Crippen LogP contribution in [-0.2, 0) is 6.42 Å². The van der Waals surface area contributed by atoms with Crippen molar-refractivity contribution in [3.05, 3.63) is 34.4 Å². The Bertz CT molecular complexity index is 455. The van der Waals surface area contributed by atoms with E-state index in [4.69, 9.17) is 0 Å². The molecule has 2 rings (SSSR count). The molecule has 0 unspecified atom stereocenters. The summed E-state index contributed by atoms with van der Waals surface area (Å²) in [5, 5.41) is 6.20. The summed E-state index contributed by atoms with van der Waals surface area (Å²) in [6.45, 7) is 2.05. The van der Waals surface area contributed by atoms with Crippen LogP contribution in [0.3, 0.4) is 0 Å². The number of nitrogens with zero attached hydrogens (tertiary/aromatic N) is 2. The first-order chi connectivity index (χ1) is 5.81. The van der Waals surface area contributed by atoms with Gasteiger partial charge < -0.3 is 0 Å². The number of pyridine rings is 1. The molecule has 62 valence electrons. The minimum atomic E-state index is -0.180. The molecule has 0 spiro atoms. The number of fused-ring (bicyclic) bond motifs is 1. The molecule has 12 heavy (non-hydrogen) atoms. The average Bonchev–Trinajstić information content (AvgIpc) is 2.47. The lowest BCUT2D eigenvalue weighted by molar-refractivity contribution is 1.00. The summed E-state index contributed by atoms with van der Waals surface area (Å²) in [4.78, 5) is 11.1. The predicted molar refractivity (Wildman–Crippen MR) is 45.2 cm³/mol. The van der Waals surface area contributed by atoms with Crippen LogP contribution in [0.2, 0.25) is 0 Å². The number of aromatic amines is 1. The second-order valence-electron chi connectivity index (χ2n) is 2.65. The summed E-state index contributed by atoms with van der Waals surface area (Å²) in [6, 6.07) is 3.80. The van der Waals surface area contributed by atoms with Gasteiger partial charge in [-0.25, -0.2) is 9.89 Å². The van der Waals surface area contributed by atoms with E-state index in [1.807, 2.05) is 19.1 Å². The van der Waals surface area contributed by atoms with Gasteiger partial charge in [-0.2, -0.15) is 5.10 Å². The molecule has 0 saturated carbocycles. The number of aryl methyl sites for hydroxylation is 1. The number of hydrogen-bond acceptors (Lipinski definition) is 2. The smallest absolute Gasteiger partial charge is 0.250 e. The van der Waals surface area contributed by atoms with Crippen LogP contribution in [0.25, 0.3) is 5.65 Å². The minimum absolute atomic E-state index is 0.180. The number of rotatable bonds is 1. The van der Waals surface area contributed by atoms with Crippen LogP contribution in [0.5, 0.6) is 0 Å². The Kier molecular flexibility index (Phi) is 1.46. The molecule has 1 N–H and O–H groups in total. The van der Waals surface area contributed by atoms with Crippen LogP contribution in [0.4, 0.5) is 0 Å². The van der Waals surface area contributed by atoms with Gasteiger partial charge in [0.25, 0.3) is 0 Å². The number of H-pyrrole nitrogens is 1. The average molecular weight is 163 g/mol. The molecular formula is C8H9N3O. The van der Waals surface area contributed by atoms with Gasteiger partial charge in [0.2, 0.25) is 0 Å². The molecule has 0 radical (unpaired) electrons. The van der Waals surface area contributed by atoms with Crippen molar-refractivity contribution in [2.75, 3.05) is 0 Å². The van der Waals surface area contributed by atoms with Gasteiger partial charge in [0.1, 0.15) is 0 Å². The molecule has 2 aromatic heterocycles. The summed E-state index contributed by atoms with van der Waals surface area (Å²) in [6.07, 6.45) is 2.73. The Hall–Kier alpha value is -1.58. The fraction of sp³-hybridized carbons (Fsp3) is 0.250. The highest BCUT2D eigenvalue weighted by Gasteiger charge is 1.98. The maximum atomic E-state index is 11.1. The SMILES string of the molecule is CCc1ccc2n[nH]c(=O)n2c1. The molecule has 2 aromatic rings. The van der Waals surface area contributed by atoms with Crippen molar-refractivity contribution in [1.29, 1.82) is 0 Å². The van der Waals surface area contributed by atoms with Crippen LogP contribution < -0.4 is 5.69 Å². The Labute approximate surface area is 68.8 Å². The normalized spacial score (nSPS) is 10.8. The highest BCUT2D eigenvalue weighted by atomic mass is 16.1. The van der Waals surface area contributed by atoms with Gasteiger partial charge in [0.15, 0.2) is 5.65 Å². The third kappa shape index (κ3) is 0.922. The first-order valence-electron chi connectivity index (χ1n) is 3.87. The van der Waals surface area contributed by atoms with E-state index in [0.717, 1.165) is 12.0 Å². The van der Waals surface area contributed by atoms with Crippen molar-refractivity contribution in [3.63, 3.8) is 0 Å². The van der Waals surface area contributed by atoms with Gasteiger partial charge in [-0.3, -0.25) is 4.40 Å². The van der Waals surface area contributed by atoms with Gasteiger partial charge in [-0.05, 0) is 18.1 Å². The third-order valence-corrected chi connectivity index (χ3v) is 1.88. The maximum absolute atomic E-state index is 11.1. The van der Waals surface area contributed by atoms with Crippen molar-refractivity contribution >= 4 is 5.65 Å².